The Balaban J connectivity index is 1.17. The van der Waals surface area contributed by atoms with Gasteiger partial charge < -0.3 is 9.64 Å². The summed E-state index contributed by atoms with van der Waals surface area (Å²) in [5.41, 5.74) is 15.1. The van der Waals surface area contributed by atoms with Gasteiger partial charge in [0.2, 0.25) is 0 Å². The van der Waals surface area contributed by atoms with Crippen molar-refractivity contribution in [1.29, 1.82) is 0 Å². The molecule has 0 fully saturated rings. The van der Waals surface area contributed by atoms with E-state index in [0.29, 0.717) is 0 Å². The van der Waals surface area contributed by atoms with Gasteiger partial charge in [-0.25, -0.2) is 0 Å². The van der Waals surface area contributed by atoms with Gasteiger partial charge in [-0.2, -0.15) is 0 Å². The number of hydrogen-bond donors (Lipinski definition) is 0. The lowest BCUT2D eigenvalue weighted by Gasteiger charge is -2.30. The lowest BCUT2D eigenvalue weighted by atomic mass is 9.82. The monoisotopic (exact) mass is 703 g/mol. The number of anilines is 3. The van der Waals surface area contributed by atoms with Crippen molar-refractivity contribution in [1.82, 2.24) is 0 Å². The first-order valence-electron chi connectivity index (χ1n) is 19.1. The van der Waals surface area contributed by atoms with Gasteiger partial charge in [0.25, 0.3) is 0 Å². The number of hydrogen-bond acceptors (Lipinski definition) is 2. The molecule has 0 N–H and O–H groups in total. The van der Waals surface area contributed by atoms with E-state index in [1.165, 1.54) is 43.8 Å². The highest BCUT2D eigenvalue weighted by atomic mass is 16.5. The van der Waals surface area contributed by atoms with Gasteiger partial charge in [-0.05, 0) is 121 Å². The minimum atomic E-state index is -0.132. The summed E-state index contributed by atoms with van der Waals surface area (Å²) >= 11 is 0. The molecule has 9 aromatic rings. The molecule has 2 heteroatoms. The van der Waals surface area contributed by atoms with Gasteiger partial charge in [0, 0.05) is 27.9 Å². The molecule has 1 aliphatic carbocycles. The fourth-order valence-electron chi connectivity index (χ4n) is 9.13. The Morgan fingerprint density at radius 1 is 0.400 bits per heavy atom. The predicted molar refractivity (Wildman–Crippen MR) is 230 cm³/mol. The smallest absolute Gasteiger partial charge is 0.159 e. The third kappa shape index (κ3) is 4.88. The highest BCUT2D eigenvalue weighted by Crippen LogP contribution is 2.56. The second kappa shape index (κ2) is 12.1. The molecule has 0 atom stereocenters. The minimum absolute atomic E-state index is 0.132. The fourth-order valence-corrected chi connectivity index (χ4v) is 9.13. The number of rotatable bonds is 4. The molecule has 0 spiro atoms. The molecule has 2 aliphatic rings. The first kappa shape index (κ1) is 31.6. The van der Waals surface area contributed by atoms with Crippen LogP contribution in [-0.2, 0) is 5.41 Å². The molecule has 0 bridgehead atoms. The Kier molecular flexibility index (Phi) is 6.93. The SMILES string of the molecule is CC1(C)c2ccccc2-c2ccc(N(c3ccccc3)c3cccc4c3Oc3cccc(-c5ccc6ccccc6c5)c3-c3cc5ccccc5cc3-4)cc21. The molecule has 55 heavy (non-hydrogen) atoms. The van der Waals surface area contributed by atoms with E-state index in [1.54, 1.807) is 0 Å². The fraction of sp³-hybridized carbons (Fsp3) is 0.0566. The van der Waals surface area contributed by atoms with Crippen LogP contribution in [0.15, 0.2) is 188 Å². The number of benzene rings is 9. The third-order valence-corrected chi connectivity index (χ3v) is 11.8. The number of fused-ring (bicyclic) bond motifs is 10. The summed E-state index contributed by atoms with van der Waals surface area (Å²) in [5.74, 6) is 1.67. The molecule has 1 aliphatic heterocycles. The van der Waals surface area contributed by atoms with E-state index in [9.17, 15) is 0 Å². The first-order valence-corrected chi connectivity index (χ1v) is 19.1. The summed E-state index contributed by atoms with van der Waals surface area (Å²) in [7, 11) is 0. The Labute approximate surface area is 321 Å². The van der Waals surface area contributed by atoms with Crippen LogP contribution in [0.25, 0.3) is 66.1 Å². The molecule has 0 radical (unpaired) electrons. The largest absolute Gasteiger partial charge is 0.454 e. The normalized spacial score (nSPS) is 13.2. The lowest BCUT2D eigenvalue weighted by molar-refractivity contribution is 0.489. The predicted octanol–water partition coefficient (Wildman–Crippen LogP) is 14.9. The topological polar surface area (TPSA) is 12.5 Å². The molecule has 0 amide bonds. The van der Waals surface area contributed by atoms with Gasteiger partial charge in [0.1, 0.15) is 5.75 Å². The quantitative estimate of drug-likeness (QED) is 0.181. The van der Waals surface area contributed by atoms with E-state index in [4.69, 9.17) is 4.74 Å². The second-order valence-corrected chi connectivity index (χ2v) is 15.3. The number of nitrogens with zero attached hydrogens (tertiary/aromatic N) is 1. The van der Waals surface area contributed by atoms with E-state index in [2.05, 4.69) is 207 Å². The summed E-state index contributed by atoms with van der Waals surface area (Å²) in [6.07, 6.45) is 0. The minimum Gasteiger partial charge on any atom is -0.454 e. The van der Waals surface area contributed by atoms with Crippen molar-refractivity contribution in [3.63, 3.8) is 0 Å². The zero-order chi connectivity index (χ0) is 36.7. The van der Waals surface area contributed by atoms with Crippen LogP contribution in [0.5, 0.6) is 11.5 Å². The van der Waals surface area contributed by atoms with E-state index in [0.717, 1.165) is 61.9 Å². The summed E-state index contributed by atoms with van der Waals surface area (Å²) in [4.78, 5) is 2.37. The second-order valence-electron chi connectivity index (χ2n) is 15.3. The van der Waals surface area contributed by atoms with Crippen LogP contribution in [0, 0.1) is 0 Å². The Hall–Kier alpha value is -6.90. The van der Waals surface area contributed by atoms with Crippen molar-refractivity contribution in [2.45, 2.75) is 19.3 Å². The molecule has 1 heterocycles. The highest BCUT2D eigenvalue weighted by Gasteiger charge is 2.36. The third-order valence-electron chi connectivity index (χ3n) is 11.8. The molecular weight excluding hydrogens is 667 g/mol. The molecular formula is C53H37NO. The summed E-state index contributed by atoms with van der Waals surface area (Å²) < 4.78 is 7.36. The van der Waals surface area contributed by atoms with Crippen LogP contribution >= 0.6 is 0 Å². The Bertz CT molecular complexity index is 2990. The summed E-state index contributed by atoms with van der Waals surface area (Å²) in [6.45, 7) is 4.69. The van der Waals surface area contributed by atoms with Crippen molar-refractivity contribution in [3.8, 4) is 56.0 Å². The molecule has 0 aromatic heterocycles. The van der Waals surface area contributed by atoms with Crippen molar-refractivity contribution in [3.05, 3.63) is 199 Å². The zero-order valence-corrected chi connectivity index (χ0v) is 30.8. The van der Waals surface area contributed by atoms with Gasteiger partial charge in [0.15, 0.2) is 5.75 Å². The lowest BCUT2D eigenvalue weighted by Crippen LogP contribution is -2.16. The van der Waals surface area contributed by atoms with Crippen LogP contribution in [0.3, 0.4) is 0 Å². The molecule has 2 nitrogen and oxygen atoms in total. The Morgan fingerprint density at radius 2 is 1.04 bits per heavy atom. The zero-order valence-electron chi connectivity index (χ0n) is 30.8. The van der Waals surface area contributed by atoms with E-state index >= 15 is 0 Å². The number of ether oxygens (including phenoxy) is 1. The summed E-state index contributed by atoms with van der Waals surface area (Å²) in [5, 5.41) is 4.85. The van der Waals surface area contributed by atoms with E-state index in [1.807, 2.05) is 0 Å². The average Bonchev–Trinajstić information content (AvgIpc) is 3.36. The van der Waals surface area contributed by atoms with Gasteiger partial charge in [-0.15, -0.1) is 0 Å². The van der Waals surface area contributed by atoms with Crippen molar-refractivity contribution < 1.29 is 4.74 Å². The van der Waals surface area contributed by atoms with Crippen molar-refractivity contribution >= 4 is 38.6 Å². The average molecular weight is 704 g/mol. The summed E-state index contributed by atoms with van der Waals surface area (Å²) in [6, 6.07) is 68.3. The molecule has 11 rings (SSSR count). The van der Waals surface area contributed by atoms with Gasteiger partial charge in [-0.3, -0.25) is 0 Å². The van der Waals surface area contributed by atoms with E-state index < -0.39 is 0 Å². The Morgan fingerprint density at radius 3 is 1.85 bits per heavy atom. The van der Waals surface area contributed by atoms with Crippen LogP contribution in [0.2, 0.25) is 0 Å². The molecule has 260 valence electrons. The number of para-hydroxylation sites is 2. The van der Waals surface area contributed by atoms with Crippen LogP contribution in [0.1, 0.15) is 25.0 Å². The molecule has 0 unspecified atom stereocenters. The standard InChI is InChI=1S/C53H37NO/c1-53(2)47-23-11-10-20-42(47)43-29-28-40(33-48(43)53)54(39-18-4-3-5-19-39)49-24-12-22-44-45-31-36-16-8-9-17-37(36)32-46(45)51-41(21-13-25-50(51)55-52(44)49)38-27-26-34-14-6-7-15-35(34)30-38/h3-33H,1-2H3. The first-order chi connectivity index (χ1) is 27.0. The van der Waals surface area contributed by atoms with Gasteiger partial charge in [0.05, 0.1) is 5.69 Å². The molecule has 0 saturated carbocycles. The van der Waals surface area contributed by atoms with E-state index in [-0.39, 0.29) is 5.41 Å². The van der Waals surface area contributed by atoms with Crippen molar-refractivity contribution in [2.24, 2.45) is 0 Å². The molecule has 9 aromatic carbocycles. The maximum absolute atomic E-state index is 7.36. The van der Waals surface area contributed by atoms with Crippen LogP contribution < -0.4 is 9.64 Å². The van der Waals surface area contributed by atoms with Crippen molar-refractivity contribution in [2.75, 3.05) is 4.90 Å². The van der Waals surface area contributed by atoms with Crippen LogP contribution in [0.4, 0.5) is 17.1 Å². The molecule has 0 saturated heterocycles. The van der Waals surface area contributed by atoms with Crippen LogP contribution in [-0.4, -0.2) is 0 Å². The van der Waals surface area contributed by atoms with Gasteiger partial charge >= 0.3 is 0 Å². The highest BCUT2D eigenvalue weighted by molar-refractivity contribution is 6.05. The maximum Gasteiger partial charge on any atom is 0.159 e. The van der Waals surface area contributed by atoms with Gasteiger partial charge in [-0.1, -0.05) is 147 Å². The maximum atomic E-state index is 7.36.